The lowest BCUT2D eigenvalue weighted by molar-refractivity contribution is 0.119. The highest BCUT2D eigenvalue weighted by molar-refractivity contribution is 5.81. The number of ether oxygens (including phenoxy) is 1. The van der Waals surface area contributed by atoms with E-state index < -0.39 is 0 Å². The first-order valence-corrected chi connectivity index (χ1v) is 12.1. The van der Waals surface area contributed by atoms with Crippen molar-refractivity contribution < 1.29 is 9.53 Å². The van der Waals surface area contributed by atoms with Crippen LogP contribution in [0.4, 0.5) is 16.2 Å². The van der Waals surface area contributed by atoms with Crippen LogP contribution in [0, 0.1) is 11.8 Å². The van der Waals surface area contributed by atoms with Crippen molar-refractivity contribution in [3.8, 4) is 16.9 Å². The molecular weight excluding hydrogens is 412 g/mol. The number of hydrogen-bond donors (Lipinski definition) is 2. The van der Waals surface area contributed by atoms with Crippen molar-refractivity contribution in [2.24, 2.45) is 11.8 Å². The van der Waals surface area contributed by atoms with Crippen LogP contribution in [0.5, 0.6) is 5.75 Å². The molecule has 3 aliphatic rings. The molecule has 0 radical (unpaired) electrons. The first-order chi connectivity index (χ1) is 16.0. The van der Waals surface area contributed by atoms with Crippen LogP contribution >= 0.6 is 0 Å². The van der Waals surface area contributed by atoms with Crippen molar-refractivity contribution in [1.29, 1.82) is 0 Å². The number of likely N-dealkylation sites (tertiary alicyclic amines) is 1. The van der Waals surface area contributed by atoms with Crippen LogP contribution in [0.25, 0.3) is 11.1 Å². The quantitative estimate of drug-likeness (QED) is 0.618. The van der Waals surface area contributed by atoms with Gasteiger partial charge in [0.05, 0.1) is 24.5 Å². The molecule has 1 fully saturated rings. The van der Waals surface area contributed by atoms with E-state index >= 15 is 0 Å². The van der Waals surface area contributed by atoms with Crippen molar-refractivity contribution in [1.82, 2.24) is 9.80 Å². The molecule has 2 amide bonds. The van der Waals surface area contributed by atoms with Crippen LogP contribution in [0.15, 0.2) is 48.3 Å². The van der Waals surface area contributed by atoms with E-state index in [1.165, 1.54) is 0 Å². The maximum Gasteiger partial charge on any atom is 0.320 e. The molecule has 0 bridgehead atoms. The molecule has 6 heteroatoms. The van der Waals surface area contributed by atoms with Crippen LogP contribution in [0.2, 0.25) is 0 Å². The molecular formula is C27H34N4O2. The number of hydrogen-bond acceptors (Lipinski definition) is 4. The van der Waals surface area contributed by atoms with Gasteiger partial charge in [-0.1, -0.05) is 26.0 Å². The zero-order valence-electron chi connectivity index (χ0n) is 19.9. The van der Waals surface area contributed by atoms with E-state index in [2.05, 4.69) is 54.8 Å². The second-order valence-electron chi connectivity index (χ2n) is 9.80. The van der Waals surface area contributed by atoms with Gasteiger partial charge in [0.15, 0.2) is 0 Å². The summed E-state index contributed by atoms with van der Waals surface area (Å²) in [5.41, 5.74) is 6.55. The Labute approximate surface area is 196 Å². The van der Waals surface area contributed by atoms with Gasteiger partial charge in [0, 0.05) is 30.5 Å². The number of urea groups is 1. The van der Waals surface area contributed by atoms with Crippen molar-refractivity contribution >= 4 is 17.4 Å². The molecule has 0 aliphatic carbocycles. The van der Waals surface area contributed by atoms with Gasteiger partial charge in [-0.05, 0) is 67.0 Å². The molecule has 6 nitrogen and oxygen atoms in total. The molecule has 3 aliphatic heterocycles. The number of rotatable bonds is 2. The molecule has 33 heavy (non-hydrogen) atoms. The Bertz CT molecular complexity index is 1070. The van der Waals surface area contributed by atoms with Gasteiger partial charge in [-0.15, -0.1) is 0 Å². The number of allylic oxidation sites excluding steroid dienone is 1. The van der Waals surface area contributed by atoms with Gasteiger partial charge >= 0.3 is 6.03 Å². The average molecular weight is 447 g/mol. The SMILES string of the molecule is CC1=CNc2ccc(-c3ccc4c(c3)CN(C(=O)N3CCC(C(C)C)CC3)CCO4)cc2N1. The molecule has 0 saturated carbocycles. The third-order valence-electron chi connectivity index (χ3n) is 7.19. The second kappa shape index (κ2) is 9.00. The van der Waals surface area contributed by atoms with E-state index in [0.717, 1.165) is 71.4 Å². The van der Waals surface area contributed by atoms with Crippen LogP contribution in [0.3, 0.4) is 0 Å². The highest BCUT2D eigenvalue weighted by atomic mass is 16.5. The van der Waals surface area contributed by atoms with Gasteiger partial charge in [0.1, 0.15) is 12.4 Å². The highest BCUT2D eigenvalue weighted by Crippen LogP contribution is 2.35. The zero-order valence-corrected chi connectivity index (χ0v) is 19.9. The van der Waals surface area contributed by atoms with Crippen molar-refractivity contribution in [2.75, 3.05) is 36.9 Å². The predicted molar refractivity (Wildman–Crippen MR) is 133 cm³/mol. The number of carbonyl (C=O) groups is 1. The summed E-state index contributed by atoms with van der Waals surface area (Å²) in [5.74, 6) is 2.29. The summed E-state index contributed by atoms with van der Waals surface area (Å²) in [6.45, 7) is 10.1. The van der Waals surface area contributed by atoms with E-state index in [4.69, 9.17) is 4.74 Å². The van der Waals surface area contributed by atoms with Gasteiger partial charge in [0.2, 0.25) is 0 Å². The molecule has 2 aromatic rings. The van der Waals surface area contributed by atoms with Gasteiger partial charge in [-0.2, -0.15) is 0 Å². The molecule has 1 saturated heterocycles. The molecule has 2 aromatic carbocycles. The lowest BCUT2D eigenvalue weighted by atomic mass is 9.87. The van der Waals surface area contributed by atoms with Gasteiger partial charge < -0.3 is 25.2 Å². The van der Waals surface area contributed by atoms with Crippen molar-refractivity contribution in [2.45, 2.75) is 40.2 Å². The summed E-state index contributed by atoms with van der Waals surface area (Å²) in [6.07, 6.45) is 4.17. The number of piperidine rings is 1. The molecule has 5 rings (SSSR count). The summed E-state index contributed by atoms with van der Waals surface area (Å²) in [5, 5.41) is 6.74. The lowest BCUT2D eigenvalue weighted by Gasteiger charge is -2.36. The van der Waals surface area contributed by atoms with Gasteiger partial charge in [-0.3, -0.25) is 0 Å². The summed E-state index contributed by atoms with van der Waals surface area (Å²) in [7, 11) is 0. The Morgan fingerprint density at radius 3 is 2.55 bits per heavy atom. The van der Waals surface area contributed by atoms with E-state index in [1.54, 1.807) is 0 Å². The Balaban J connectivity index is 1.33. The van der Waals surface area contributed by atoms with E-state index in [9.17, 15) is 4.79 Å². The van der Waals surface area contributed by atoms with Gasteiger partial charge in [0.25, 0.3) is 0 Å². The Hall–Kier alpha value is -3.15. The Kier molecular flexibility index (Phi) is 5.92. The minimum atomic E-state index is 0.144. The topological polar surface area (TPSA) is 56.8 Å². The van der Waals surface area contributed by atoms with Crippen LogP contribution in [-0.4, -0.2) is 42.1 Å². The minimum Gasteiger partial charge on any atom is -0.491 e. The summed E-state index contributed by atoms with van der Waals surface area (Å²) in [4.78, 5) is 17.3. The number of nitrogens with one attached hydrogen (secondary N) is 2. The monoisotopic (exact) mass is 446 g/mol. The average Bonchev–Trinajstić information content (AvgIpc) is 3.05. The Morgan fingerprint density at radius 1 is 1.00 bits per heavy atom. The molecule has 0 aromatic heterocycles. The maximum absolute atomic E-state index is 13.3. The summed E-state index contributed by atoms with van der Waals surface area (Å²) >= 11 is 0. The Morgan fingerprint density at radius 2 is 1.76 bits per heavy atom. The lowest BCUT2D eigenvalue weighted by Crippen LogP contribution is -2.47. The largest absolute Gasteiger partial charge is 0.491 e. The first-order valence-electron chi connectivity index (χ1n) is 12.1. The fourth-order valence-corrected chi connectivity index (χ4v) is 5.08. The number of carbonyl (C=O) groups excluding carboxylic acids is 1. The molecule has 2 N–H and O–H groups in total. The van der Waals surface area contributed by atoms with Crippen LogP contribution in [0.1, 0.15) is 39.2 Å². The van der Waals surface area contributed by atoms with Crippen molar-refractivity contribution in [3.05, 3.63) is 53.9 Å². The zero-order chi connectivity index (χ0) is 22.9. The van der Waals surface area contributed by atoms with Crippen LogP contribution in [-0.2, 0) is 6.54 Å². The standard InChI is InChI=1S/C27H34N4O2/c1-18(2)20-8-10-30(11-9-20)27(32)31-12-13-33-26-7-5-21(14-23(26)17-31)22-4-6-24-25(15-22)29-19(3)16-28-24/h4-7,14-16,18,20,28-29H,8-13,17H2,1-3H3. The minimum absolute atomic E-state index is 0.144. The van der Waals surface area contributed by atoms with Crippen LogP contribution < -0.4 is 15.4 Å². The third kappa shape index (κ3) is 4.52. The normalized spacial score (nSPS) is 18.4. The fraction of sp³-hybridized carbons (Fsp3) is 0.444. The number of benzene rings is 2. The smallest absolute Gasteiger partial charge is 0.320 e. The van der Waals surface area contributed by atoms with Crippen molar-refractivity contribution in [3.63, 3.8) is 0 Å². The number of nitrogens with zero attached hydrogens (tertiary/aromatic N) is 2. The molecule has 0 spiro atoms. The fourth-order valence-electron chi connectivity index (χ4n) is 5.08. The van der Waals surface area contributed by atoms with E-state index in [1.807, 2.05) is 29.0 Å². The molecule has 174 valence electrons. The van der Waals surface area contributed by atoms with E-state index in [0.29, 0.717) is 25.6 Å². The molecule has 0 unspecified atom stereocenters. The van der Waals surface area contributed by atoms with Gasteiger partial charge in [-0.25, -0.2) is 4.79 Å². The summed E-state index contributed by atoms with van der Waals surface area (Å²) < 4.78 is 6.02. The number of fused-ring (bicyclic) bond motifs is 2. The predicted octanol–water partition coefficient (Wildman–Crippen LogP) is 5.73. The molecule has 0 atom stereocenters. The maximum atomic E-state index is 13.3. The second-order valence-corrected chi connectivity index (χ2v) is 9.80. The highest BCUT2D eigenvalue weighted by Gasteiger charge is 2.29. The number of anilines is 2. The molecule has 3 heterocycles. The number of amides is 2. The first kappa shape index (κ1) is 21.7. The third-order valence-corrected chi connectivity index (χ3v) is 7.19. The summed E-state index contributed by atoms with van der Waals surface area (Å²) in [6, 6.07) is 12.9. The van der Waals surface area contributed by atoms with E-state index in [-0.39, 0.29) is 6.03 Å².